The Hall–Kier alpha value is -1.94. The molecule has 1 aromatic heterocycles. The lowest BCUT2D eigenvalue weighted by Crippen LogP contribution is -2.23. The maximum atomic E-state index is 11.8. The molecule has 4 nitrogen and oxygen atoms in total. The zero-order valence-corrected chi connectivity index (χ0v) is 13.6. The van der Waals surface area contributed by atoms with E-state index in [9.17, 15) is 4.79 Å². The van der Waals surface area contributed by atoms with Crippen LogP contribution in [0.2, 0.25) is 5.02 Å². The minimum atomic E-state index is -0.200. The van der Waals surface area contributed by atoms with Crippen LogP contribution in [0, 0.1) is 6.92 Å². The summed E-state index contributed by atoms with van der Waals surface area (Å²) in [5, 5.41) is 3.37. The van der Waals surface area contributed by atoms with Crippen LogP contribution in [0.1, 0.15) is 41.6 Å². The molecule has 0 aliphatic heterocycles. The number of aryl methyl sites for hydroxylation is 1. The van der Waals surface area contributed by atoms with Gasteiger partial charge in [-0.3, -0.25) is 4.79 Å². The molecule has 0 fully saturated rings. The van der Waals surface area contributed by atoms with Crippen LogP contribution in [-0.4, -0.2) is 12.5 Å². The van der Waals surface area contributed by atoms with Crippen LogP contribution in [0.25, 0.3) is 0 Å². The van der Waals surface area contributed by atoms with Crippen molar-refractivity contribution in [1.29, 1.82) is 0 Å². The lowest BCUT2D eigenvalue weighted by atomic mass is 10.2. The predicted molar refractivity (Wildman–Crippen MR) is 86.5 cm³/mol. The Morgan fingerprint density at radius 1 is 1.32 bits per heavy atom. The van der Waals surface area contributed by atoms with Crippen molar-refractivity contribution in [3.8, 4) is 5.75 Å². The SMILES string of the molecule is CCCCNC(=O)c1ccc(COc2c(C)cccc2Cl)o1. The van der Waals surface area contributed by atoms with Crippen LogP contribution in [-0.2, 0) is 6.61 Å². The number of carbonyl (C=O) groups is 1. The molecule has 1 heterocycles. The Bertz CT molecular complexity index is 616. The van der Waals surface area contributed by atoms with Crippen molar-refractivity contribution in [1.82, 2.24) is 5.32 Å². The van der Waals surface area contributed by atoms with E-state index < -0.39 is 0 Å². The summed E-state index contributed by atoms with van der Waals surface area (Å²) in [6.07, 6.45) is 1.99. The van der Waals surface area contributed by atoms with Crippen molar-refractivity contribution < 1.29 is 13.9 Å². The molecule has 118 valence electrons. The molecular weight excluding hydrogens is 302 g/mol. The predicted octanol–water partition coefficient (Wildman–Crippen LogP) is 4.35. The fourth-order valence-corrected chi connectivity index (χ4v) is 2.26. The third-order valence-corrected chi connectivity index (χ3v) is 3.52. The van der Waals surface area contributed by atoms with Crippen LogP contribution in [0.15, 0.2) is 34.7 Å². The van der Waals surface area contributed by atoms with Gasteiger partial charge in [0.2, 0.25) is 0 Å². The van der Waals surface area contributed by atoms with Gasteiger partial charge in [-0.25, -0.2) is 0 Å². The van der Waals surface area contributed by atoms with Gasteiger partial charge >= 0.3 is 0 Å². The summed E-state index contributed by atoms with van der Waals surface area (Å²) >= 11 is 6.10. The van der Waals surface area contributed by atoms with Gasteiger partial charge in [-0.15, -0.1) is 0 Å². The first-order chi connectivity index (χ1) is 10.6. The Morgan fingerprint density at radius 2 is 2.14 bits per heavy atom. The molecule has 5 heteroatoms. The average Bonchev–Trinajstić information content (AvgIpc) is 2.96. The maximum absolute atomic E-state index is 11.8. The Labute approximate surface area is 135 Å². The molecule has 1 aromatic carbocycles. The summed E-state index contributed by atoms with van der Waals surface area (Å²) in [5.41, 5.74) is 0.955. The van der Waals surface area contributed by atoms with Crippen LogP contribution in [0.4, 0.5) is 0 Å². The number of rotatable bonds is 7. The molecule has 0 bridgehead atoms. The van der Waals surface area contributed by atoms with E-state index >= 15 is 0 Å². The third kappa shape index (κ3) is 4.28. The number of carbonyl (C=O) groups excluding carboxylic acids is 1. The number of unbranched alkanes of at least 4 members (excludes halogenated alkanes) is 1. The summed E-state index contributed by atoms with van der Waals surface area (Å²) in [5.74, 6) is 1.31. The standard InChI is InChI=1S/C17H20ClNO3/c1-3-4-10-19-17(20)15-9-8-13(22-15)11-21-16-12(2)6-5-7-14(16)18/h5-9H,3-4,10-11H2,1-2H3,(H,19,20). The molecule has 0 saturated heterocycles. The average molecular weight is 322 g/mol. The summed E-state index contributed by atoms with van der Waals surface area (Å²) in [7, 11) is 0. The normalized spacial score (nSPS) is 10.5. The molecule has 2 rings (SSSR count). The monoisotopic (exact) mass is 321 g/mol. The van der Waals surface area contributed by atoms with Gasteiger partial charge < -0.3 is 14.5 Å². The van der Waals surface area contributed by atoms with Gasteiger partial charge in [0.15, 0.2) is 5.76 Å². The van der Waals surface area contributed by atoms with Crippen LogP contribution in [0.5, 0.6) is 5.75 Å². The molecule has 0 radical (unpaired) electrons. The fourth-order valence-electron chi connectivity index (χ4n) is 1.99. The van der Waals surface area contributed by atoms with E-state index in [0.29, 0.717) is 28.8 Å². The van der Waals surface area contributed by atoms with Crippen LogP contribution in [0.3, 0.4) is 0 Å². The van der Waals surface area contributed by atoms with Crippen molar-refractivity contribution in [3.63, 3.8) is 0 Å². The van der Waals surface area contributed by atoms with Crippen molar-refractivity contribution in [2.24, 2.45) is 0 Å². The van der Waals surface area contributed by atoms with Gasteiger partial charge in [0.05, 0.1) is 5.02 Å². The minimum Gasteiger partial charge on any atom is -0.484 e. The molecule has 1 amide bonds. The summed E-state index contributed by atoms with van der Waals surface area (Å²) in [6.45, 7) is 4.88. The number of amides is 1. The Balaban J connectivity index is 1.93. The second kappa shape index (κ2) is 7.90. The largest absolute Gasteiger partial charge is 0.484 e. The highest BCUT2D eigenvalue weighted by molar-refractivity contribution is 6.32. The van der Waals surface area contributed by atoms with Gasteiger partial charge in [0.25, 0.3) is 5.91 Å². The van der Waals surface area contributed by atoms with E-state index in [4.69, 9.17) is 20.8 Å². The number of para-hydroxylation sites is 1. The Kier molecular flexibility index (Phi) is 5.90. The van der Waals surface area contributed by atoms with E-state index in [-0.39, 0.29) is 12.5 Å². The summed E-state index contributed by atoms with van der Waals surface area (Å²) in [6, 6.07) is 8.96. The maximum Gasteiger partial charge on any atom is 0.286 e. The van der Waals surface area contributed by atoms with Crippen molar-refractivity contribution in [3.05, 3.63) is 52.4 Å². The second-order valence-electron chi connectivity index (χ2n) is 5.05. The van der Waals surface area contributed by atoms with Crippen LogP contribution < -0.4 is 10.1 Å². The first kappa shape index (κ1) is 16.4. The molecule has 22 heavy (non-hydrogen) atoms. The highest BCUT2D eigenvalue weighted by Crippen LogP contribution is 2.28. The first-order valence-electron chi connectivity index (χ1n) is 7.36. The van der Waals surface area contributed by atoms with Crippen molar-refractivity contribution in [2.75, 3.05) is 6.54 Å². The number of ether oxygens (including phenoxy) is 1. The van der Waals surface area contributed by atoms with E-state index in [1.165, 1.54) is 0 Å². The topological polar surface area (TPSA) is 51.5 Å². The molecular formula is C17H20ClNO3. The van der Waals surface area contributed by atoms with Gasteiger partial charge in [0, 0.05) is 6.54 Å². The lowest BCUT2D eigenvalue weighted by molar-refractivity contribution is 0.0921. The zero-order valence-electron chi connectivity index (χ0n) is 12.8. The highest BCUT2D eigenvalue weighted by atomic mass is 35.5. The molecule has 0 aliphatic rings. The molecule has 0 atom stereocenters. The van der Waals surface area contributed by atoms with Gasteiger partial charge in [0.1, 0.15) is 18.1 Å². The number of hydrogen-bond acceptors (Lipinski definition) is 3. The van der Waals surface area contributed by atoms with E-state index in [1.807, 2.05) is 19.1 Å². The van der Waals surface area contributed by atoms with Crippen molar-refractivity contribution in [2.45, 2.75) is 33.3 Å². The quantitative estimate of drug-likeness (QED) is 0.771. The molecule has 0 spiro atoms. The number of nitrogens with one attached hydrogen (secondary N) is 1. The molecule has 0 saturated carbocycles. The minimum absolute atomic E-state index is 0.200. The summed E-state index contributed by atoms with van der Waals surface area (Å²) in [4.78, 5) is 11.8. The molecule has 2 aromatic rings. The second-order valence-corrected chi connectivity index (χ2v) is 5.46. The van der Waals surface area contributed by atoms with Gasteiger partial charge in [-0.05, 0) is 37.1 Å². The molecule has 0 unspecified atom stereocenters. The van der Waals surface area contributed by atoms with Gasteiger partial charge in [-0.1, -0.05) is 37.1 Å². The molecule has 1 N–H and O–H groups in total. The highest BCUT2D eigenvalue weighted by Gasteiger charge is 2.12. The fraction of sp³-hybridized carbons (Fsp3) is 0.353. The third-order valence-electron chi connectivity index (χ3n) is 3.22. The van der Waals surface area contributed by atoms with Gasteiger partial charge in [-0.2, -0.15) is 0 Å². The first-order valence-corrected chi connectivity index (χ1v) is 7.74. The smallest absolute Gasteiger partial charge is 0.286 e. The van der Waals surface area contributed by atoms with Crippen molar-refractivity contribution >= 4 is 17.5 Å². The van der Waals surface area contributed by atoms with E-state index in [0.717, 1.165) is 18.4 Å². The van der Waals surface area contributed by atoms with Crippen LogP contribution >= 0.6 is 11.6 Å². The zero-order chi connectivity index (χ0) is 15.9. The number of halogens is 1. The molecule has 0 aliphatic carbocycles. The Morgan fingerprint density at radius 3 is 2.86 bits per heavy atom. The lowest BCUT2D eigenvalue weighted by Gasteiger charge is -2.09. The number of hydrogen-bond donors (Lipinski definition) is 1. The summed E-state index contributed by atoms with van der Waals surface area (Å²) < 4.78 is 11.2. The number of benzene rings is 1. The number of furan rings is 1. The van der Waals surface area contributed by atoms with E-state index in [1.54, 1.807) is 18.2 Å². The van der Waals surface area contributed by atoms with E-state index in [2.05, 4.69) is 12.2 Å².